The molecule has 2 aliphatic rings. The highest BCUT2D eigenvalue weighted by Gasteiger charge is 2.58. The van der Waals surface area contributed by atoms with Gasteiger partial charge in [-0.15, -0.1) is 0 Å². The predicted octanol–water partition coefficient (Wildman–Crippen LogP) is 3.25. The number of rotatable bonds is 4. The lowest BCUT2D eigenvalue weighted by Gasteiger charge is -2.43. The summed E-state index contributed by atoms with van der Waals surface area (Å²) in [5.74, 6) is 0.334. The Morgan fingerprint density at radius 1 is 1.24 bits per heavy atom. The van der Waals surface area contributed by atoms with E-state index in [-0.39, 0.29) is 24.2 Å². The van der Waals surface area contributed by atoms with E-state index in [9.17, 15) is 14.4 Å². The second kappa shape index (κ2) is 6.62. The van der Waals surface area contributed by atoms with Crippen molar-refractivity contribution >= 4 is 17.7 Å². The SMILES string of the molecule is CC(C)C1CC[C@@H](C)C[C@]12NC(=O)N(CC(=O)c1ccccc1)C2=O. The number of nitrogens with one attached hydrogen (secondary N) is 1. The summed E-state index contributed by atoms with van der Waals surface area (Å²) >= 11 is 0. The van der Waals surface area contributed by atoms with E-state index in [0.717, 1.165) is 17.7 Å². The van der Waals surface area contributed by atoms with E-state index in [1.54, 1.807) is 24.3 Å². The number of carbonyl (C=O) groups is 3. The predicted molar refractivity (Wildman–Crippen MR) is 95.1 cm³/mol. The maximum atomic E-state index is 13.2. The Morgan fingerprint density at radius 2 is 1.92 bits per heavy atom. The van der Waals surface area contributed by atoms with Gasteiger partial charge in [0.15, 0.2) is 5.78 Å². The Hall–Kier alpha value is -2.17. The van der Waals surface area contributed by atoms with Crippen LogP contribution in [-0.4, -0.2) is 34.7 Å². The van der Waals surface area contributed by atoms with Gasteiger partial charge in [0.2, 0.25) is 0 Å². The summed E-state index contributed by atoms with van der Waals surface area (Å²) in [6.45, 7) is 6.12. The Kier molecular flexibility index (Phi) is 4.67. The smallest absolute Gasteiger partial charge is 0.323 e. The average molecular weight is 342 g/mol. The molecule has 1 saturated carbocycles. The van der Waals surface area contributed by atoms with E-state index in [2.05, 4.69) is 26.1 Å². The summed E-state index contributed by atoms with van der Waals surface area (Å²) in [7, 11) is 0. The largest absolute Gasteiger partial charge is 0.325 e. The minimum atomic E-state index is -0.847. The molecule has 5 heteroatoms. The van der Waals surface area contributed by atoms with E-state index >= 15 is 0 Å². The van der Waals surface area contributed by atoms with Crippen molar-refractivity contribution < 1.29 is 14.4 Å². The number of hydrogen-bond donors (Lipinski definition) is 1. The number of urea groups is 1. The minimum Gasteiger partial charge on any atom is -0.323 e. The lowest BCUT2D eigenvalue weighted by molar-refractivity contribution is -0.136. The zero-order chi connectivity index (χ0) is 18.2. The number of amides is 3. The molecular formula is C20H26N2O3. The van der Waals surface area contributed by atoms with Gasteiger partial charge in [-0.2, -0.15) is 0 Å². The lowest BCUT2D eigenvalue weighted by atomic mass is 9.65. The summed E-state index contributed by atoms with van der Waals surface area (Å²) in [5.41, 5.74) is -0.332. The maximum Gasteiger partial charge on any atom is 0.325 e. The van der Waals surface area contributed by atoms with E-state index in [1.807, 2.05) is 6.07 Å². The molecule has 1 heterocycles. The van der Waals surface area contributed by atoms with Crippen LogP contribution in [-0.2, 0) is 4.79 Å². The number of carbonyl (C=O) groups excluding carboxylic acids is 3. The van der Waals surface area contributed by atoms with Crippen molar-refractivity contribution in [2.45, 2.75) is 45.6 Å². The molecule has 25 heavy (non-hydrogen) atoms. The highest BCUT2D eigenvalue weighted by Crippen LogP contribution is 2.44. The molecule has 1 unspecified atom stereocenters. The highest BCUT2D eigenvalue weighted by atomic mass is 16.2. The van der Waals surface area contributed by atoms with Crippen LogP contribution >= 0.6 is 0 Å². The topological polar surface area (TPSA) is 66.5 Å². The molecule has 1 N–H and O–H groups in total. The molecule has 0 aromatic heterocycles. The van der Waals surface area contributed by atoms with Gasteiger partial charge < -0.3 is 5.32 Å². The van der Waals surface area contributed by atoms with Crippen LogP contribution in [0.1, 0.15) is 50.4 Å². The van der Waals surface area contributed by atoms with Crippen LogP contribution in [0.4, 0.5) is 4.79 Å². The van der Waals surface area contributed by atoms with Gasteiger partial charge in [0.1, 0.15) is 5.54 Å². The van der Waals surface area contributed by atoms with Crippen molar-refractivity contribution in [1.82, 2.24) is 10.2 Å². The zero-order valence-corrected chi connectivity index (χ0v) is 15.1. The van der Waals surface area contributed by atoms with E-state index in [0.29, 0.717) is 23.8 Å². The fraction of sp³-hybridized carbons (Fsp3) is 0.550. The van der Waals surface area contributed by atoms with E-state index in [4.69, 9.17) is 0 Å². The first kappa shape index (κ1) is 17.6. The molecule has 0 bridgehead atoms. The molecule has 1 aromatic carbocycles. The van der Waals surface area contributed by atoms with Crippen molar-refractivity contribution in [3.63, 3.8) is 0 Å². The average Bonchev–Trinajstić information content (AvgIpc) is 2.79. The first-order valence-electron chi connectivity index (χ1n) is 9.07. The molecule has 3 atom stereocenters. The molecular weight excluding hydrogens is 316 g/mol. The van der Waals surface area contributed by atoms with Gasteiger partial charge in [-0.3, -0.25) is 14.5 Å². The Balaban J connectivity index is 1.85. The monoisotopic (exact) mass is 342 g/mol. The summed E-state index contributed by atoms with van der Waals surface area (Å²) in [6.07, 6.45) is 2.64. The van der Waals surface area contributed by atoms with Crippen molar-refractivity contribution in [3.05, 3.63) is 35.9 Å². The Bertz CT molecular complexity index is 685. The van der Waals surface area contributed by atoms with E-state index < -0.39 is 11.6 Å². The van der Waals surface area contributed by atoms with Crippen molar-refractivity contribution in [2.75, 3.05) is 6.54 Å². The standard InChI is InChI=1S/C20H26N2O3/c1-13(2)16-10-9-14(3)11-20(16)18(24)22(19(25)21-20)12-17(23)15-7-5-4-6-8-15/h4-8,13-14,16H,9-12H2,1-3H3,(H,21,25)/t14-,16?,20+/m1/s1. The summed E-state index contributed by atoms with van der Waals surface area (Å²) in [4.78, 5) is 39.3. The van der Waals surface area contributed by atoms with Gasteiger partial charge in [-0.25, -0.2) is 4.79 Å². The van der Waals surface area contributed by atoms with Crippen molar-refractivity contribution in [3.8, 4) is 0 Å². The molecule has 1 aliphatic carbocycles. The molecule has 1 spiro atoms. The van der Waals surface area contributed by atoms with Crippen LogP contribution in [0.5, 0.6) is 0 Å². The summed E-state index contributed by atoms with van der Waals surface area (Å²) in [5, 5.41) is 2.97. The van der Waals surface area contributed by atoms with Gasteiger partial charge in [0.05, 0.1) is 6.54 Å². The van der Waals surface area contributed by atoms with Gasteiger partial charge in [-0.1, -0.05) is 57.5 Å². The number of ketones is 1. The third-order valence-corrected chi connectivity index (χ3v) is 5.68. The highest BCUT2D eigenvalue weighted by molar-refractivity contribution is 6.11. The van der Waals surface area contributed by atoms with Crippen LogP contribution in [0, 0.1) is 17.8 Å². The second-order valence-corrected chi connectivity index (χ2v) is 7.82. The quantitative estimate of drug-likeness (QED) is 0.675. The first-order chi connectivity index (χ1) is 11.8. The number of Topliss-reactive ketones (excluding diaryl/α,β-unsaturated/α-hetero) is 1. The summed E-state index contributed by atoms with van der Waals surface area (Å²) < 4.78 is 0. The van der Waals surface area contributed by atoms with E-state index in [1.165, 1.54) is 0 Å². The van der Waals surface area contributed by atoms with Crippen LogP contribution < -0.4 is 5.32 Å². The fourth-order valence-corrected chi connectivity index (χ4v) is 4.45. The van der Waals surface area contributed by atoms with Gasteiger partial charge in [-0.05, 0) is 30.6 Å². The zero-order valence-electron chi connectivity index (χ0n) is 15.1. The Morgan fingerprint density at radius 3 is 2.56 bits per heavy atom. The minimum absolute atomic E-state index is 0.108. The number of nitrogens with zero attached hydrogens (tertiary/aromatic N) is 1. The molecule has 3 amide bonds. The first-order valence-corrected chi connectivity index (χ1v) is 9.07. The molecule has 0 radical (unpaired) electrons. The second-order valence-electron chi connectivity index (χ2n) is 7.82. The molecule has 1 aromatic rings. The lowest BCUT2D eigenvalue weighted by Crippen LogP contribution is -2.57. The van der Waals surface area contributed by atoms with Crippen LogP contribution in [0.15, 0.2) is 30.3 Å². The maximum absolute atomic E-state index is 13.2. The van der Waals surface area contributed by atoms with Crippen LogP contribution in [0.2, 0.25) is 0 Å². The van der Waals surface area contributed by atoms with Crippen LogP contribution in [0.25, 0.3) is 0 Å². The normalized spacial score (nSPS) is 29.4. The summed E-state index contributed by atoms with van der Waals surface area (Å²) in [6, 6.07) is 8.35. The van der Waals surface area contributed by atoms with Crippen LogP contribution in [0.3, 0.4) is 0 Å². The molecule has 2 fully saturated rings. The number of hydrogen-bond acceptors (Lipinski definition) is 3. The van der Waals surface area contributed by atoms with Gasteiger partial charge >= 0.3 is 6.03 Å². The molecule has 134 valence electrons. The molecule has 5 nitrogen and oxygen atoms in total. The number of imide groups is 1. The van der Waals surface area contributed by atoms with Gasteiger partial charge in [0.25, 0.3) is 5.91 Å². The third kappa shape index (κ3) is 3.08. The molecule has 1 aliphatic heterocycles. The van der Waals surface area contributed by atoms with Gasteiger partial charge in [0, 0.05) is 5.56 Å². The fourth-order valence-electron chi connectivity index (χ4n) is 4.45. The van der Waals surface area contributed by atoms with Crippen molar-refractivity contribution in [2.24, 2.45) is 17.8 Å². The molecule has 3 rings (SSSR count). The number of benzene rings is 1. The van der Waals surface area contributed by atoms with Crippen molar-refractivity contribution in [1.29, 1.82) is 0 Å². The third-order valence-electron chi connectivity index (χ3n) is 5.68. The molecule has 1 saturated heterocycles. The Labute approximate surface area is 148 Å².